The number of benzene rings is 3. The zero-order valence-electron chi connectivity index (χ0n) is 21.7. The fourth-order valence-corrected chi connectivity index (χ4v) is 5.20. The fraction of sp³-hybridized carbons (Fsp3) is 0.129. The summed E-state index contributed by atoms with van der Waals surface area (Å²) in [7, 11) is 0. The molecule has 0 radical (unpaired) electrons. The molecular formula is C31H25N5O3S. The van der Waals surface area contributed by atoms with Crippen molar-refractivity contribution in [2.24, 2.45) is 0 Å². The van der Waals surface area contributed by atoms with Gasteiger partial charge in [0.25, 0.3) is 5.56 Å². The summed E-state index contributed by atoms with van der Waals surface area (Å²) in [5.41, 5.74) is 3.16. The summed E-state index contributed by atoms with van der Waals surface area (Å²) in [6.07, 6.45) is 5.74. The van der Waals surface area contributed by atoms with Gasteiger partial charge in [0, 0.05) is 22.9 Å². The number of para-hydroxylation sites is 1. The molecule has 9 heteroatoms. The molecule has 0 atom stereocenters. The highest BCUT2D eigenvalue weighted by atomic mass is 32.1. The van der Waals surface area contributed by atoms with Crippen LogP contribution >= 0.6 is 11.3 Å². The van der Waals surface area contributed by atoms with Gasteiger partial charge >= 0.3 is 5.56 Å². The topological polar surface area (TPSA) is 91.4 Å². The molecule has 0 N–H and O–H groups in total. The van der Waals surface area contributed by atoms with E-state index in [1.165, 1.54) is 4.52 Å². The Labute approximate surface area is 233 Å². The lowest BCUT2D eigenvalue weighted by Gasteiger charge is -2.06. The zero-order chi connectivity index (χ0) is 27.5. The zero-order valence-corrected chi connectivity index (χ0v) is 22.5. The van der Waals surface area contributed by atoms with E-state index >= 15 is 0 Å². The molecule has 0 fully saturated rings. The third kappa shape index (κ3) is 5.06. The maximum atomic E-state index is 13.4. The molecule has 0 spiro atoms. The van der Waals surface area contributed by atoms with E-state index in [1.54, 1.807) is 22.9 Å². The van der Waals surface area contributed by atoms with E-state index in [4.69, 9.17) is 9.84 Å². The highest BCUT2D eigenvalue weighted by molar-refractivity contribution is 7.15. The molecule has 40 heavy (non-hydrogen) atoms. The molecule has 3 aromatic heterocycles. The Morgan fingerprint density at radius 1 is 0.850 bits per heavy atom. The first-order valence-electron chi connectivity index (χ1n) is 13.0. The van der Waals surface area contributed by atoms with Gasteiger partial charge in [-0.05, 0) is 48.9 Å². The Bertz CT molecular complexity index is 1950. The largest absolute Gasteiger partial charge is 0.494 e. The summed E-state index contributed by atoms with van der Waals surface area (Å²) in [6, 6.07) is 26.6. The predicted molar refractivity (Wildman–Crippen MR) is 157 cm³/mol. The number of ether oxygens (including phenoxy) is 1. The van der Waals surface area contributed by atoms with Crippen LogP contribution in [0.5, 0.6) is 5.75 Å². The average molecular weight is 548 g/mol. The number of unbranched alkanes of at least 4 members (excludes halogenated alkanes) is 1. The Morgan fingerprint density at radius 3 is 2.27 bits per heavy atom. The quantitative estimate of drug-likeness (QED) is 0.255. The van der Waals surface area contributed by atoms with Crippen LogP contribution in [0.2, 0.25) is 0 Å². The van der Waals surface area contributed by atoms with Gasteiger partial charge < -0.3 is 4.74 Å². The van der Waals surface area contributed by atoms with Gasteiger partial charge in [0.1, 0.15) is 11.4 Å². The van der Waals surface area contributed by atoms with Crippen LogP contribution in [0.15, 0.2) is 101 Å². The maximum absolute atomic E-state index is 13.4. The van der Waals surface area contributed by atoms with Crippen molar-refractivity contribution >= 4 is 22.4 Å². The molecule has 0 aliphatic rings. The molecule has 0 saturated heterocycles. The third-order valence-electron chi connectivity index (χ3n) is 6.38. The summed E-state index contributed by atoms with van der Waals surface area (Å²) >= 11 is 1.12. The summed E-state index contributed by atoms with van der Waals surface area (Å²) in [5, 5.41) is 9.23. The standard InChI is InChI=1S/C31H25N5O3S/c1-2-3-18-39-25-16-14-22(15-17-25)27-23(20-35(33-27)24-12-8-5-9-13-24)19-26-30(38)36-31(40-26)32-29(37)28(34-36)21-10-6-4-7-11-21/h4-17,19-20H,2-3,18H2,1H3/b26-19-. The molecule has 0 aliphatic carbocycles. The number of aromatic nitrogens is 5. The van der Waals surface area contributed by atoms with E-state index in [0.717, 1.165) is 46.7 Å². The van der Waals surface area contributed by atoms with Gasteiger partial charge in [0.15, 0.2) is 5.69 Å². The average Bonchev–Trinajstić information content (AvgIpc) is 3.54. The molecule has 0 amide bonds. The van der Waals surface area contributed by atoms with Crippen molar-refractivity contribution in [1.82, 2.24) is 24.4 Å². The second-order valence-corrected chi connectivity index (χ2v) is 10.2. The van der Waals surface area contributed by atoms with E-state index in [2.05, 4.69) is 17.0 Å². The highest BCUT2D eigenvalue weighted by Gasteiger charge is 2.15. The molecule has 3 aromatic carbocycles. The van der Waals surface area contributed by atoms with Crippen LogP contribution in [0.25, 0.3) is 39.2 Å². The first-order chi connectivity index (χ1) is 19.6. The Balaban J connectivity index is 1.46. The molecule has 0 saturated carbocycles. The Kier molecular flexibility index (Phi) is 7.03. The number of nitrogens with zero attached hydrogens (tertiary/aromatic N) is 5. The number of rotatable bonds is 8. The van der Waals surface area contributed by atoms with Gasteiger partial charge in [0.05, 0.1) is 16.8 Å². The first-order valence-corrected chi connectivity index (χ1v) is 13.8. The van der Waals surface area contributed by atoms with E-state index < -0.39 is 5.56 Å². The minimum atomic E-state index is -0.474. The fourth-order valence-electron chi connectivity index (χ4n) is 4.30. The molecule has 0 unspecified atom stereocenters. The summed E-state index contributed by atoms with van der Waals surface area (Å²) < 4.78 is 9.21. The SMILES string of the molecule is CCCCOc1ccc(-c2nn(-c3ccccc3)cc2/C=c2\sc3nc(=O)c(-c4ccccc4)nn3c2=O)cc1. The first kappa shape index (κ1) is 25.4. The van der Waals surface area contributed by atoms with Gasteiger partial charge in [-0.2, -0.15) is 19.7 Å². The molecule has 198 valence electrons. The van der Waals surface area contributed by atoms with Crippen molar-refractivity contribution < 1.29 is 4.74 Å². The maximum Gasteiger partial charge on any atom is 0.300 e. The van der Waals surface area contributed by atoms with Gasteiger partial charge in [-0.3, -0.25) is 9.59 Å². The molecule has 3 heterocycles. The molecule has 0 aliphatic heterocycles. The van der Waals surface area contributed by atoms with Gasteiger partial charge in [-0.15, -0.1) is 0 Å². The summed E-state index contributed by atoms with van der Waals surface area (Å²) in [5.74, 6) is 0.799. The van der Waals surface area contributed by atoms with E-state index in [1.807, 2.05) is 79.0 Å². The van der Waals surface area contributed by atoms with Gasteiger partial charge in [-0.25, -0.2) is 4.68 Å². The minimum absolute atomic E-state index is 0.137. The molecule has 6 rings (SSSR count). The van der Waals surface area contributed by atoms with Crippen LogP contribution in [-0.2, 0) is 0 Å². The molecule has 6 aromatic rings. The highest BCUT2D eigenvalue weighted by Crippen LogP contribution is 2.26. The van der Waals surface area contributed by atoms with Crippen molar-refractivity contribution in [3.63, 3.8) is 0 Å². The van der Waals surface area contributed by atoms with Crippen LogP contribution in [0.1, 0.15) is 25.3 Å². The molecular weight excluding hydrogens is 522 g/mol. The number of fused-ring (bicyclic) bond motifs is 1. The normalized spacial score (nSPS) is 11.8. The molecule has 0 bridgehead atoms. The summed E-state index contributed by atoms with van der Waals surface area (Å²) in [4.78, 5) is 30.5. The minimum Gasteiger partial charge on any atom is -0.494 e. The van der Waals surface area contributed by atoms with E-state index in [9.17, 15) is 9.59 Å². The number of thiazole rings is 1. The lowest BCUT2D eigenvalue weighted by molar-refractivity contribution is 0.309. The van der Waals surface area contributed by atoms with Gasteiger partial charge in [-0.1, -0.05) is 73.2 Å². The predicted octanol–water partition coefficient (Wildman–Crippen LogP) is 4.76. The van der Waals surface area contributed by atoms with Crippen LogP contribution < -0.4 is 20.4 Å². The van der Waals surface area contributed by atoms with Crippen LogP contribution in [0, 0.1) is 0 Å². The van der Waals surface area contributed by atoms with Crippen LogP contribution in [0.3, 0.4) is 0 Å². The lowest BCUT2D eigenvalue weighted by atomic mass is 10.1. The van der Waals surface area contributed by atoms with Crippen molar-refractivity contribution in [3.8, 4) is 34.0 Å². The van der Waals surface area contributed by atoms with Crippen molar-refractivity contribution in [1.29, 1.82) is 0 Å². The van der Waals surface area contributed by atoms with Crippen molar-refractivity contribution in [2.75, 3.05) is 6.61 Å². The third-order valence-corrected chi connectivity index (χ3v) is 7.34. The van der Waals surface area contributed by atoms with Crippen molar-refractivity contribution in [2.45, 2.75) is 19.8 Å². The monoisotopic (exact) mass is 547 g/mol. The Hall–Kier alpha value is -4.89. The second kappa shape index (κ2) is 11.1. The second-order valence-electron chi connectivity index (χ2n) is 9.18. The van der Waals surface area contributed by atoms with E-state index in [0.29, 0.717) is 22.4 Å². The van der Waals surface area contributed by atoms with Gasteiger partial charge in [0.2, 0.25) is 4.96 Å². The Morgan fingerprint density at radius 2 is 1.55 bits per heavy atom. The lowest BCUT2D eigenvalue weighted by Crippen LogP contribution is -2.26. The van der Waals surface area contributed by atoms with Crippen LogP contribution in [0.4, 0.5) is 0 Å². The smallest absolute Gasteiger partial charge is 0.300 e. The number of hydrogen-bond acceptors (Lipinski definition) is 7. The van der Waals surface area contributed by atoms with Crippen LogP contribution in [-0.4, -0.2) is 31.0 Å². The molecule has 8 nitrogen and oxygen atoms in total. The summed E-state index contributed by atoms with van der Waals surface area (Å²) in [6.45, 7) is 2.80. The van der Waals surface area contributed by atoms with Crippen molar-refractivity contribution in [3.05, 3.63) is 122 Å². The van der Waals surface area contributed by atoms with E-state index in [-0.39, 0.29) is 16.2 Å². The number of hydrogen-bond donors (Lipinski definition) is 0.